The van der Waals surface area contributed by atoms with Crippen molar-refractivity contribution in [2.45, 2.75) is 89.4 Å². The van der Waals surface area contributed by atoms with Crippen molar-refractivity contribution in [2.24, 2.45) is 22.9 Å². The Kier molecular flexibility index (Phi) is 15.4. The number of oxime groups is 1. The SMILES string of the molecule is C=CCO[C@@]12Oc3ccc(OCc4cccc(C)n4)cc3[C@H]3[C@H](CCCCO)[C@@H](CCCCO)C=C(C(=NOCc4ccc([N+](=O)[O-])cc4)C[C@@H]1N(C)C(=O)OCc1ccccc1)[C@H]32. The average Bonchev–Trinajstić information content (AvgIpc) is 3.31. The average molecular weight is 875 g/mol. The van der Waals surface area contributed by atoms with Gasteiger partial charge < -0.3 is 38.9 Å². The first-order valence-corrected chi connectivity index (χ1v) is 22.1. The molecular formula is C50H58N4O10. The highest BCUT2D eigenvalue weighted by Gasteiger charge is 2.65. The second kappa shape index (κ2) is 21.5. The lowest BCUT2D eigenvalue weighted by Crippen LogP contribution is -2.69. The molecule has 14 heteroatoms. The molecule has 2 N–H and O–H groups in total. The first-order chi connectivity index (χ1) is 31.1. The maximum atomic E-state index is 14.2. The quantitative estimate of drug-likeness (QED) is 0.0354. The minimum atomic E-state index is -1.46. The number of amides is 1. The van der Waals surface area contributed by atoms with E-state index in [0.29, 0.717) is 35.6 Å². The Balaban J connectivity index is 1.36. The van der Waals surface area contributed by atoms with Gasteiger partial charge in [0.15, 0.2) is 0 Å². The lowest BCUT2D eigenvalue weighted by molar-refractivity contribution is -0.384. The van der Waals surface area contributed by atoms with E-state index in [2.05, 4.69) is 17.6 Å². The number of aryl methyl sites for hydroxylation is 1. The molecule has 2 aliphatic carbocycles. The number of nitrogens with zero attached hydrogens (tertiary/aromatic N) is 4. The molecule has 338 valence electrons. The Bertz CT molecular complexity index is 2290. The summed E-state index contributed by atoms with van der Waals surface area (Å²) in [6, 6.07) is 26.5. The van der Waals surface area contributed by atoms with Gasteiger partial charge in [-0.15, -0.1) is 6.58 Å². The molecule has 0 spiro atoms. The number of hydrogen-bond acceptors (Lipinski definition) is 12. The molecule has 3 aliphatic rings. The fourth-order valence-corrected chi connectivity index (χ4v) is 9.50. The van der Waals surface area contributed by atoms with Crippen molar-refractivity contribution in [3.8, 4) is 11.5 Å². The summed E-state index contributed by atoms with van der Waals surface area (Å²) in [4.78, 5) is 37.4. The van der Waals surface area contributed by atoms with E-state index >= 15 is 0 Å². The van der Waals surface area contributed by atoms with Gasteiger partial charge in [0, 0.05) is 56.0 Å². The van der Waals surface area contributed by atoms with E-state index in [-0.39, 0.29) is 69.5 Å². The number of hydrogen-bond donors (Lipinski definition) is 2. The van der Waals surface area contributed by atoms with Crippen LogP contribution in [0.15, 0.2) is 120 Å². The molecule has 1 aliphatic heterocycles. The highest BCUT2D eigenvalue weighted by molar-refractivity contribution is 6.03. The molecule has 3 aromatic carbocycles. The molecule has 1 saturated carbocycles. The third-order valence-corrected chi connectivity index (χ3v) is 12.5. The van der Waals surface area contributed by atoms with E-state index in [9.17, 15) is 25.1 Å². The van der Waals surface area contributed by atoms with Crippen LogP contribution in [0.1, 0.15) is 78.9 Å². The number of benzene rings is 3. The van der Waals surface area contributed by atoms with Crippen LogP contribution in [0.5, 0.6) is 11.5 Å². The number of pyridine rings is 1. The molecule has 0 unspecified atom stereocenters. The number of carbonyl (C=O) groups excluding carboxylic acids is 1. The van der Waals surface area contributed by atoms with Crippen LogP contribution in [0.3, 0.4) is 0 Å². The van der Waals surface area contributed by atoms with Crippen LogP contribution in [0.2, 0.25) is 0 Å². The van der Waals surface area contributed by atoms with Gasteiger partial charge in [0.2, 0.25) is 5.79 Å². The molecule has 0 saturated heterocycles. The standard InChI is InChI=1S/C50H58N4O10/c1-4-27-62-50-46(53(3)49(57)61-31-35-14-6-5-7-15-35)30-44(52-63-32-36-19-21-39(22-20-36)54(58)59)42-28-37(16-8-10-25-55)41(18-9-11-26-56)47(48(42)50)43-29-40(23-24-45(43)64-50)60-33-38-17-12-13-34(2)51-38/h4-7,12-15,17,19-24,28-29,37,41,46-48,55-56H,1,8-11,16,18,25-27,30-33H2,2-3H3/t37-,41+,46-,47+,48+,50+/m0/s1. The minimum Gasteiger partial charge on any atom is -0.487 e. The molecule has 6 atom stereocenters. The Morgan fingerprint density at radius 1 is 0.969 bits per heavy atom. The Morgan fingerprint density at radius 2 is 1.72 bits per heavy atom. The summed E-state index contributed by atoms with van der Waals surface area (Å²) in [6.45, 7) is 6.55. The summed E-state index contributed by atoms with van der Waals surface area (Å²) >= 11 is 0. The number of ether oxygens (including phenoxy) is 4. The van der Waals surface area contributed by atoms with Gasteiger partial charge in [0.25, 0.3) is 5.69 Å². The first-order valence-electron chi connectivity index (χ1n) is 22.1. The minimum absolute atomic E-state index is 0.0124. The number of rotatable bonds is 21. The van der Waals surface area contributed by atoms with Crippen molar-refractivity contribution in [3.63, 3.8) is 0 Å². The fourth-order valence-electron chi connectivity index (χ4n) is 9.50. The number of allylic oxidation sites excluding steroid dienone is 1. The van der Waals surface area contributed by atoms with Crippen molar-refractivity contribution in [2.75, 3.05) is 26.9 Å². The third kappa shape index (κ3) is 10.5. The lowest BCUT2D eigenvalue weighted by atomic mass is 9.55. The predicted molar refractivity (Wildman–Crippen MR) is 241 cm³/mol. The van der Waals surface area contributed by atoms with Crippen LogP contribution in [-0.2, 0) is 34.1 Å². The Labute approximate surface area is 374 Å². The maximum absolute atomic E-state index is 14.2. The second-order valence-corrected chi connectivity index (χ2v) is 16.7. The molecule has 0 radical (unpaired) electrons. The van der Waals surface area contributed by atoms with E-state index in [4.69, 9.17) is 28.9 Å². The predicted octanol–water partition coefficient (Wildman–Crippen LogP) is 8.98. The molecule has 64 heavy (non-hydrogen) atoms. The number of nitro groups is 1. The van der Waals surface area contributed by atoms with E-state index in [1.54, 1.807) is 25.3 Å². The summed E-state index contributed by atoms with van der Waals surface area (Å²) in [7, 11) is 1.68. The number of carbonyl (C=O) groups is 1. The second-order valence-electron chi connectivity index (χ2n) is 16.7. The molecule has 1 aromatic heterocycles. The highest BCUT2D eigenvalue weighted by atomic mass is 16.7. The molecule has 7 rings (SSSR count). The lowest BCUT2D eigenvalue weighted by Gasteiger charge is -2.59. The van der Waals surface area contributed by atoms with Gasteiger partial charge in [0.1, 0.15) is 37.4 Å². The van der Waals surface area contributed by atoms with E-state index in [0.717, 1.165) is 53.8 Å². The van der Waals surface area contributed by atoms with E-state index in [1.807, 2.05) is 73.7 Å². The van der Waals surface area contributed by atoms with Crippen molar-refractivity contribution >= 4 is 17.5 Å². The number of fused-ring (bicyclic) bond motifs is 2. The van der Waals surface area contributed by atoms with Gasteiger partial charge in [0.05, 0.1) is 28.9 Å². The summed E-state index contributed by atoms with van der Waals surface area (Å²) < 4.78 is 26.6. The van der Waals surface area contributed by atoms with Crippen molar-refractivity contribution in [1.29, 1.82) is 0 Å². The van der Waals surface area contributed by atoms with Crippen LogP contribution in [0.4, 0.5) is 10.5 Å². The Hall–Kier alpha value is -6.09. The number of non-ortho nitro benzene ring substituents is 1. The van der Waals surface area contributed by atoms with Gasteiger partial charge in [-0.25, -0.2) is 4.79 Å². The van der Waals surface area contributed by atoms with Crippen molar-refractivity contribution < 1.29 is 43.7 Å². The van der Waals surface area contributed by atoms with Crippen LogP contribution in [0, 0.1) is 34.8 Å². The number of nitro benzene ring substituents is 1. The maximum Gasteiger partial charge on any atom is 0.410 e. The van der Waals surface area contributed by atoms with Crippen LogP contribution < -0.4 is 9.47 Å². The Morgan fingerprint density at radius 3 is 2.44 bits per heavy atom. The smallest absolute Gasteiger partial charge is 0.410 e. The molecule has 14 nitrogen and oxygen atoms in total. The van der Waals surface area contributed by atoms with E-state index in [1.165, 1.54) is 17.0 Å². The first kappa shape index (κ1) is 45.9. The molecule has 1 amide bonds. The molecule has 4 aromatic rings. The van der Waals surface area contributed by atoms with Crippen molar-refractivity contribution in [1.82, 2.24) is 9.88 Å². The zero-order valence-electron chi connectivity index (χ0n) is 36.6. The van der Waals surface area contributed by atoms with Crippen molar-refractivity contribution in [3.05, 3.63) is 153 Å². The largest absolute Gasteiger partial charge is 0.487 e. The topological polar surface area (TPSA) is 175 Å². The zero-order valence-corrected chi connectivity index (χ0v) is 36.6. The summed E-state index contributed by atoms with van der Waals surface area (Å²) in [5.74, 6) is -0.986. The highest BCUT2D eigenvalue weighted by Crippen LogP contribution is 2.62. The molecule has 0 bridgehead atoms. The summed E-state index contributed by atoms with van der Waals surface area (Å²) in [5, 5.41) is 36.0. The molecule has 2 heterocycles. The van der Waals surface area contributed by atoms with Gasteiger partial charge in [-0.3, -0.25) is 15.1 Å². The number of aliphatic hydroxyl groups excluding tert-OH is 2. The summed E-state index contributed by atoms with van der Waals surface area (Å²) in [5.41, 5.74) is 5.59. The fraction of sp³-hybridized carbons (Fsp3) is 0.420. The number of aromatic nitrogens is 1. The summed E-state index contributed by atoms with van der Waals surface area (Å²) in [6.07, 6.45) is 7.91. The normalized spacial score (nSPS) is 22.6. The number of aliphatic hydroxyl groups is 2. The van der Waals surface area contributed by atoms with Gasteiger partial charge >= 0.3 is 6.09 Å². The monoisotopic (exact) mass is 874 g/mol. The molecule has 1 fully saturated rings. The zero-order chi connectivity index (χ0) is 45.1. The van der Waals surface area contributed by atoms with Gasteiger partial charge in [-0.2, -0.15) is 0 Å². The number of likely N-dealkylation sites (N-methyl/N-ethyl adjacent to an activating group) is 1. The van der Waals surface area contributed by atoms with E-state index < -0.39 is 28.8 Å². The molecular weight excluding hydrogens is 817 g/mol. The van der Waals surface area contributed by atoms with Crippen LogP contribution in [-0.4, -0.2) is 75.5 Å². The van der Waals surface area contributed by atoms with Crippen LogP contribution in [0.25, 0.3) is 0 Å². The third-order valence-electron chi connectivity index (χ3n) is 12.5. The van der Waals surface area contributed by atoms with Gasteiger partial charge in [-0.1, -0.05) is 66.5 Å². The van der Waals surface area contributed by atoms with Gasteiger partial charge in [-0.05, 0) is 104 Å². The van der Waals surface area contributed by atoms with Crippen LogP contribution >= 0.6 is 0 Å². The number of unbranched alkanes of at least 4 members (excludes halogenated alkanes) is 2.